The summed E-state index contributed by atoms with van der Waals surface area (Å²) in [5.41, 5.74) is 2.48. The van der Waals surface area contributed by atoms with E-state index in [-0.39, 0.29) is 53.5 Å². The minimum Gasteiger partial charge on any atom is -0.394 e. The molecule has 3 aliphatic rings. The number of halogens is 1. The lowest BCUT2D eigenvalue weighted by Gasteiger charge is -2.41. The van der Waals surface area contributed by atoms with Gasteiger partial charge in [-0.15, -0.1) is 30.0 Å². The lowest BCUT2D eigenvalue weighted by Crippen LogP contribution is -2.59. The fourth-order valence-electron chi connectivity index (χ4n) is 7.93. The Bertz CT molecular complexity index is 1690. The van der Waals surface area contributed by atoms with Gasteiger partial charge in [0.05, 0.1) is 34.7 Å². The number of aromatic nitrogens is 3. The first-order valence-corrected chi connectivity index (χ1v) is 18.4. The molecule has 3 unspecified atom stereocenters. The summed E-state index contributed by atoms with van der Waals surface area (Å²) < 4.78 is 0.811. The average molecular weight is 736 g/mol. The topological polar surface area (TPSA) is 112 Å². The number of likely N-dealkylation sites (tertiary alicyclic amines) is 1. The average Bonchev–Trinajstić information content (AvgIpc) is 3.82. The molecule has 2 aromatic carbocycles. The molecule has 2 bridgehead atoms. The number of hydrogen-bond acceptors (Lipinski definition) is 7. The van der Waals surface area contributed by atoms with Gasteiger partial charge in [0.15, 0.2) is 0 Å². The van der Waals surface area contributed by atoms with Gasteiger partial charge in [0, 0.05) is 29.7 Å². The highest BCUT2D eigenvalue weighted by atomic mass is 79.9. The number of para-hydroxylation sites is 1. The molecule has 0 saturated carbocycles. The molecule has 4 heterocycles. The molecule has 6 rings (SSSR count). The smallest absolute Gasteiger partial charge is 0.248 e. The van der Waals surface area contributed by atoms with Crippen LogP contribution in [0.3, 0.4) is 0 Å². The van der Waals surface area contributed by atoms with Crippen LogP contribution in [0.15, 0.2) is 79.9 Å². The number of amides is 3. The number of aliphatic hydroxyl groups excluding tert-OH is 1. The number of alkyl halides is 1. The zero-order valence-electron chi connectivity index (χ0n) is 27.4. The van der Waals surface area contributed by atoms with Crippen LogP contribution in [0.4, 0.5) is 0 Å². The molecule has 3 aliphatic heterocycles. The van der Waals surface area contributed by atoms with Gasteiger partial charge in [-0.05, 0) is 30.0 Å². The van der Waals surface area contributed by atoms with E-state index in [2.05, 4.69) is 39.4 Å². The second-order valence-corrected chi connectivity index (χ2v) is 15.8. The van der Waals surface area contributed by atoms with Crippen LogP contribution in [0, 0.1) is 17.8 Å². The molecular formula is C36H43BrN6O4S. The number of hydrogen-bond donors (Lipinski definition) is 1. The second-order valence-electron chi connectivity index (χ2n) is 13.1. The van der Waals surface area contributed by atoms with E-state index in [1.165, 1.54) is 0 Å². The minimum absolute atomic E-state index is 0.0805. The van der Waals surface area contributed by atoms with E-state index >= 15 is 4.79 Å². The quantitative estimate of drug-likeness (QED) is 0.192. The predicted molar refractivity (Wildman–Crippen MR) is 191 cm³/mol. The first kappa shape index (κ1) is 34.4. The van der Waals surface area contributed by atoms with Crippen molar-refractivity contribution in [2.24, 2.45) is 17.8 Å². The zero-order valence-corrected chi connectivity index (χ0v) is 29.8. The first-order valence-electron chi connectivity index (χ1n) is 16.6. The lowest BCUT2D eigenvalue weighted by atomic mass is 9.70. The van der Waals surface area contributed by atoms with Gasteiger partial charge < -0.3 is 19.8 Å². The van der Waals surface area contributed by atoms with Crippen LogP contribution in [0.1, 0.15) is 32.3 Å². The maximum atomic E-state index is 15.1. The van der Waals surface area contributed by atoms with Crippen LogP contribution in [0.5, 0.6) is 0 Å². The van der Waals surface area contributed by atoms with E-state index in [1.54, 1.807) is 43.3 Å². The van der Waals surface area contributed by atoms with Gasteiger partial charge in [-0.2, -0.15) is 0 Å². The summed E-state index contributed by atoms with van der Waals surface area (Å²) in [7, 11) is 0. The number of rotatable bonds is 14. The summed E-state index contributed by atoms with van der Waals surface area (Å²) >= 11 is 5.49. The van der Waals surface area contributed by atoms with Gasteiger partial charge in [0.25, 0.3) is 0 Å². The number of thioether (sulfide) groups is 1. The number of benzene rings is 2. The first-order chi connectivity index (χ1) is 23.2. The third-order valence-electron chi connectivity index (χ3n) is 10.4. The molecule has 254 valence electrons. The van der Waals surface area contributed by atoms with E-state index in [0.29, 0.717) is 31.4 Å². The number of fused-ring (bicyclic) bond motifs is 2. The largest absolute Gasteiger partial charge is 0.394 e. The molecule has 0 aliphatic carbocycles. The van der Waals surface area contributed by atoms with Gasteiger partial charge in [-0.1, -0.05) is 96.0 Å². The van der Waals surface area contributed by atoms with Crippen molar-refractivity contribution in [3.63, 3.8) is 0 Å². The number of aliphatic hydroxyl groups is 1. The monoisotopic (exact) mass is 734 g/mol. The lowest BCUT2D eigenvalue weighted by molar-refractivity contribution is -0.148. The molecule has 3 fully saturated rings. The van der Waals surface area contributed by atoms with E-state index in [9.17, 15) is 14.7 Å². The van der Waals surface area contributed by atoms with Crippen molar-refractivity contribution < 1.29 is 19.5 Å². The second kappa shape index (κ2) is 14.2. The van der Waals surface area contributed by atoms with Crippen molar-refractivity contribution >= 4 is 56.4 Å². The molecule has 10 nitrogen and oxygen atoms in total. The van der Waals surface area contributed by atoms with Gasteiger partial charge in [0.1, 0.15) is 18.2 Å². The Balaban J connectivity index is 1.42. The molecule has 3 amide bonds. The van der Waals surface area contributed by atoms with Gasteiger partial charge in [-0.25, -0.2) is 4.68 Å². The van der Waals surface area contributed by atoms with Crippen molar-refractivity contribution in [3.05, 3.63) is 85.5 Å². The molecule has 1 N–H and O–H groups in total. The summed E-state index contributed by atoms with van der Waals surface area (Å²) in [5, 5.41) is 19.2. The summed E-state index contributed by atoms with van der Waals surface area (Å²) in [4.78, 5) is 49.6. The van der Waals surface area contributed by atoms with E-state index in [4.69, 9.17) is 0 Å². The van der Waals surface area contributed by atoms with Crippen molar-refractivity contribution in [1.82, 2.24) is 29.7 Å². The highest BCUT2D eigenvalue weighted by molar-refractivity contribution is 9.09. The standard InChI is InChI=1S/C36H43BrN6O4S/c1-5-17-40(20-24-13-9-8-10-14-24)33(45)29-30-34(46)43(28(21-44)23(4)7-3)32(36(30)19-25(37)31(29)48-36)35(47)41(18-6-2)22-42-27-16-12-11-15-26(27)38-39-42/h5-6,8-16,23,25,28-32,44H,1-2,7,17-22H2,3-4H3/t23-,25?,28-,29+,30-,31+,32?,36?/m0/s1. The van der Waals surface area contributed by atoms with E-state index in [0.717, 1.165) is 11.1 Å². The molecule has 8 atom stereocenters. The van der Waals surface area contributed by atoms with Crippen LogP contribution < -0.4 is 0 Å². The fraction of sp³-hybridized carbons (Fsp3) is 0.472. The van der Waals surface area contributed by atoms with Gasteiger partial charge >= 0.3 is 0 Å². The maximum Gasteiger partial charge on any atom is 0.248 e. The van der Waals surface area contributed by atoms with E-state index in [1.807, 2.05) is 68.4 Å². The van der Waals surface area contributed by atoms with E-state index < -0.39 is 28.7 Å². The Morgan fingerprint density at radius 2 is 1.79 bits per heavy atom. The summed E-state index contributed by atoms with van der Waals surface area (Å²) in [6.45, 7) is 12.6. The number of carbonyl (C=O) groups is 3. The molecule has 0 radical (unpaired) electrons. The molecule has 3 aromatic rings. The van der Waals surface area contributed by atoms with Gasteiger partial charge in [-0.3, -0.25) is 14.4 Å². The molecule has 3 saturated heterocycles. The zero-order chi connectivity index (χ0) is 34.2. The highest BCUT2D eigenvalue weighted by Gasteiger charge is 2.76. The van der Waals surface area contributed by atoms with Crippen LogP contribution in [0.2, 0.25) is 0 Å². The van der Waals surface area contributed by atoms with Crippen LogP contribution in [0.25, 0.3) is 11.0 Å². The third kappa shape index (κ3) is 5.79. The molecule has 12 heteroatoms. The minimum atomic E-state index is -0.897. The fourth-order valence-corrected chi connectivity index (χ4v) is 11.5. The van der Waals surface area contributed by atoms with Crippen LogP contribution >= 0.6 is 27.7 Å². The van der Waals surface area contributed by atoms with Crippen LogP contribution in [-0.4, -0.2) is 99.1 Å². The van der Waals surface area contributed by atoms with Crippen molar-refractivity contribution in [3.8, 4) is 0 Å². The molecule has 1 spiro atoms. The summed E-state index contributed by atoms with van der Waals surface area (Å²) in [5.74, 6) is -2.05. The Morgan fingerprint density at radius 1 is 1.10 bits per heavy atom. The highest BCUT2D eigenvalue weighted by Crippen LogP contribution is 2.68. The summed E-state index contributed by atoms with van der Waals surface area (Å²) in [6, 6.07) is 15.9. The van der Waals surface area contributed by atoms with Gasteiger partial charge in [0.2, 0.25) is 17.7 Å². The van der Waals surface area contributed by atoms with Crippen molar-refractivity contribution in [2.75, 3.05) is 19.7 Å². The number of carbonyl (C=O) groups excluding carboxylic acids is 3. The molecular weight excluding hydrogens is 692 g/mol. The van der Waals surface area contributed by atoms with Crippen molar-refractivity contribution in [2.45, 2.75) is 66.8 Å². The van der Waals surface area contributed by atoms with Crippen molar-refractivity contribution in [1.29, 1.82) is 0 Å². The Hall–Kier alpha value is -3.48. The Morgan fingerprint density at radius 3 is 2.48 bits per heavy atom. The Kier molecular flexibility index (Phi) is 10.1. The maximum absolute atomic E-state index is 15.1. The molecule has 1 aromatic heterocycles. The third-order valence-corrected chi connectivity index (χ3v) is 13.6. The summed E-state index contributed by atoms with van der Waals surface area (Å²) in [6.07, 6.45) is 4.63. The predicted octanol–water partition coefficient (Wildman–Crippen LogP) is 4.49. The number of nitrogens with zero attached hydrogens (tertiary/aromatic N) is 6. The molecule has 48 heavy (non-hydrogen) atoms. The Labute approximate surface area is 294 Å². The SMILES string of the molecule is C=CCN(Cn1nnc2ccccc21)C(=O)C1N([C@@H](CO)[C@@H](C)CC)C(=O)[C@@H]2[C@@H](C(=O)N(CC=C)Cc3ccccc3)[C@@H]3SC12CC3Br. The normalized spacial score (nSPS) is 27.1. The van der Waals surface area contributed by atoms with Crippen LogP contribution in [-0.2, 0) is 27.6 Å².